The van der Waals surface area contributed by atoms with Gasteiger partial charge in [-0.15, -0.1) is 0 Å². The highest BCUT2D eigenvalue weighted by Crippen LogP contribution is 2.22. The third-order valence-electron chi connectivity index (χ3n) is 4.20. The second-order valence-corrected chi connectivity index (χ2v) is 6.27. The molecular formula is C20H26N2O2. The topological polar surface area (TPSA) is 41.6 Å². The zero-order valence-electron chi connectivity index (χ0n) is 15.0. The van der Waals surface area contributed by atoms with Gasteiger partial charge in [-0.25, -0.2) is 0 Å². The molecule has 0 spiro atoms. The second kappa shape index (κ2) is 7.97. The number of rotatable bonds is 6. The normalized spacial score (nSPS) is 13.4. The predicted octanol–water partition coefficient (Wildman–Crippen LogP) is 4.02. The van der Waals surface area contributed by atoms with Gasteiger partial charge in [0.2, 0.25) is 5.91 Å². The molecule has 0 aliphatic rings. The van der Waals surface area contributed by atoms with Crippen LogP contribution in [0.2, 0.25) is 0 Å². The summed E-state index contributed by atoms with van der Waals surface area (Å²) < 4.78 is 5.78. The van der Waals surface area contributed by atoms with E-state index in [1.165, 1.54) is 0 Å². The fourth-order valence-electron chi connectivity index (χ4n) is 2.38. The van der Waals surface area contributed by atoms with E-state index in [1.807, 2.05) is 88.3 Å². The molecule has 0 bridgehead atoms. The van der Waals surface area contributed by atoms with Crippen LogP contribution in [0, 0.1) is 6.92 Å². The molecule has 2 unspecified atom stereocenters. The molecule has 24 heavy (non-hydrogen) atoms. The molecule has 4 nitrogen and oxygen atoms in total. The smallest absolute Gasteiger partial charge is 0.231 e. The Morgan fingerprint density at radius 3 is 2.25 bits per heavy atom. The zero-order valence-corrected chi connectivity index (χ0v) is 15.0. The van der Waals surface area contributed by atoms with Crippen molar-refractivity contribution in [3.63, 3.8) is 0 Å². The Morgan fingerprint density at radius 1 is 1.04 bits per heavy atom. The Morgan fingerprint density at radius 2 is 1.67 bits per heavy atom. The lowest BCUT2D eigenvalue weighted by Gasteiger charge is -2.21. The molecule has 0 radical (unpaired) electrons. The first-order chi connectivity index (χ1) is 11.4. The summed E-state index contributed by atoms with van der Waals surface area (Å²) in [7, 11) is 3.93. The van der Waals surface area contributed by atoms with Gasteiger partial charge in [-0.1, -0.05) is 24.3 Å². The van der Waals surface area contributed by atoms with Crippen LogP contribution in [0.5, 0.6) is 5.75 Å². The standard InChI is InChI=1S/C20H26N2O2/c1-14-8-6-7-9-19(14)15(2)20(23)21-17-10-12-18(13-11-17)24-16(3)22(4)5/h6-13,15-16H,1-5H3,(H,21,23). The van der Waals surface area contributed by atoms with Crippen molar-refractivity contribution >= 4 is 11.6 Å². The third-order valence-corrected chi connectivity index (χ3v) is 4.20. The summed E-state index contributed by atoms with van der Waals surface area (Å²) in [5, 5.41) is 2.97. The van der Waals surface area contributed by atoms with E-state index in [2.05, 4.69) is 5.32 Å². The highest BCUT2D eigenvalue weighted by atomic mass is 16.5. The maximum Gasteiger partial charge on any atom is 0.231 e. The molecule has 2 atom stereocenters. The molecule has 0 saturated carbocycles. The van der Waals surface area contributed by atoms with Crippen LogP contribution in [0.1, 0.15) is 30.9 Å². The van der Waals surface area contributed by atoms with E-state index >= 15 is 0 Å². The molecule has 2 aromatic carbocycles. The fraction of sp³-hybridized carbons (Fsp3) is 0.350. The molecule has 1 N–H and O–H groups in total. The van der Waals surface area contributed by atoms with Gasteiger partial charge in [0.1, 0.15) is 12.0 Å². The van der Waals surface area contributed by atoms with Crippen LogP contribution < -0.4 is 10.1 Å². The largest absolute Gasteiger partial charge is 0.475 e. The maximum atomic E-state index is 12.5. The van der Waals surface area contributed by atoms with E-state index in [0.29, 0.717) is 0 Å². The quantitative estimate of drug-likeness (QED) is 0.815. The van der Waals surface area contributed by atoms with Crippen LogP contribution in [0.15, 0.2) is 48.5 Å². The number of nitrogens with zero attached hydrogens (tertiary/aromatic N) is 1. The number of carbonyl (C=O) groups is 1. The summed E-state index contributed by atoms with van der Waals surface area (Å²) >= 11 is 0. The van der Waals surface area contributed by atoms with Gasteiger partial charge in [-0.2, -0.15) is 0 Å². The van der Waals surface area contributed by atoms with E-state index in [-0.39, 0.29) is 18.1 Å². The van der Waals surface area contributed by atoms with Crippen molar-refractivity contribution in [2.45, 2.75) is 32.9 Å². The number of anilines is 1. The number of aryl methyl sites for hydroxylation is 1. The van der Waals surface area contributed by atoms with Crippen LogP contribution in [-0.4, -0.2) is 31.1 Å². The summed E-state index contributed by atoms with van der Waals surface area (Å²) in [4.78, 5) is 14.5. The van der Waals surface area contributed by atoms with Gasteiger partial charge in [0.15, 0.2) is 0 Å². The minimum Gasteiger partial charge on any atom is -0.475 e. The molecule has 0 fully saturated rings. The van der Waals surface area contributed by atoms with Crippen molar-refractivity contribution < 1.29 is 9.53 Å². The fourth-order valence-corrected chi connectivity index (χ4v) is 2.38. The van der Waals surface area contributed by atoms with Gasteiger partial charge in [0.05, 0.1) is 5.92 Å². The first kappa shape index (κ1) is 18.0. The van der Waals surface area contributed by atoms with E-state index < -0.39 is 0 Å². The molecule has 128 valence electrons. The van der Waals surface area contributed by atoms with Crippen LogP contribution in [0.4, 0.5) is 5.69 Å². The number of amides is 1. The lowest BCUT2D eigenvalue weighted by Crippen LogP contribution is -2.30. The van der Waals surface area contributed by atoms with Gasteiger partial charge in [-0.05, 0) is 70.3 Å². The number of benzene rings is 2. The summed E-state index contributed by atoms with van der Waals surface area (Å²) in [6.07, 6.45) is -0.00785. The summed E-state index contributed by atoms with van der Waals surface area (Å²) in [5.74, 6) is 0.566. The third kappa shape index (κ3) is 4.59. The maximum absolute atomic E-state index is 12.5. The minimum absolute atomic E-state index is 0.00785. The molecular weight excluding hydrogens is 300 g/mol. The Labute approximate surface area is 144 Å². The number of carbonyl (C=O) groups excluding carboxylic acids is 1. The van der Waals surface area contributed by atoms with Gasteiger partial charge in [0, 0.05) is 5.69 Å². The molecule has 0 saturated heterocycles. The SMILES string of the molecule is Cc1ccccc1C(C)C(=O)Nc1ccc(OC(C)N(C)C)cc1. The van der Waals surface area contributed by atoms with Crippen molar-refractivity contribution in [2.24, 2.45) is 0 Å². The summed E-state index contributed by atoms with van der Waals surface area (Å²) in [6, 6.07) is 15.4. The van der Waals surface area contributed by atoms with Crippen molar-refractivity contribution in [3.05, 3.63) is 59.7 Å². The highest BCUT2D eigenvalue weighted by molar-refractivity contribution is 5.95. The minimum atomic E-state index is -0.198. The molecule has 2 aromatic rings. The number of nitrogens with one attached hydrogen (secondary N) is 1. The second-order valence-electron chi connectivity index (χ2n) is 6.27. The predicted molar refractivity (Wildman–Crippen MR) is 98.4 cm³/mol. The average molecular weight is 326 g/mol. The lowest BCUT2D eigenvalue weighted by atomic mass is 9.96. The Kier molecular flexibility index (Phi) is 5.99. The number of ether oxygens (including phenoxy) is 1. The monoisotopic (exact) mass is 326 g/mol. The average Bonchev–Trinajstić information content (AvgIpc) is 2.56. The van der Waals surface area contributed by atoms with Crippen LogP contribution in [0.3, 0.4) is 0 Å². The Hall–Kier alpha value is -2.33. The van der Waals surface area contributed by atoms with Crippen LogP contribution in [0.25, 0.3) is 0 Å². The summed E-state index contributed by atoms with van der Waals surface area (Å²) in [6.45, 7) is 5.94. The van der Waals surface area contributed by atoms with Crippen molar-refractivity contribution in [3.8, 4) is 5.75 Å². The molecule has 1 amide bonds. The number of hydrogen-bond donors (Lipinski definition) is 1. The number of hydrogen-bond acceptors (Lipinski definition) is 3. The van der Waals surface area contributed by atoms with E-state index in [9.17, 15) is 4.79 Å². The van der Waals surface area contributed by atoms with Crippen molar-refractivity contribution in [1.82, 2.24) is 4.90 Å². The Bertz CT molecular complexity index is 680. The molecule has 0 aliphatic carbocycles. The van der Waals surface area contributed by atoms with Crippen molar-refractivity contribution in [2.75, 3.05) is 19.4 Å². The van der Waals surface area contributed by atoms with Gasteiger partial charge in [0.25, 0.3) is 0 Å². The van der Waals surface area contributed by atoms with E-state index in [0.717, 1.165) is 22.6 Å². The zero-order chi connectivity index (χ0) is 17.7. The first-order valence-electron chi connectivity index (χ1n) is 8.18. The van der Waals surface area contributed by atoms with Crippen molar-refractivity contribution in [1.29, 1.82) is 0 Å². The van der Waals surface area contributed by atoms with Gasteiger partial charge < -0.3 is 10.1 Å². The Balaban J connectivity index is 2.00. The molecule has 0 heterocycles. The summed E-state index contributed by atoms with van der Waals surface area (Å²) in [5.41, 5.74) is 2.95. The molecule has 2 rings (SSSR count). The van der Waals surface area contributed by atoms with Gasteiger partial charge >= 0.3 is 0 Å². The lowest BCUT2D eigenvalue weighted by molar-refractivity contribution is -0.117. The van der Waals surface area contributed by atoms with Crippen LogP contribution in [-0.2, 0) is 4.79 Å². The molecule has 4 heteroatoms. The van der Waals surface area contributed by atoms with E-state index in [4.69, 9.17) is 4.74 Å². The highest BCUT2D eigenvalue weighted by Gasteiger charge is 2.17. The van der Waals surface area contributed by atoms with Gasteiger partial charge in [-0.3, -0.25) is 9.69 Å². The molecule has 0 aliphatic heterocycles. The van der Waals surface area contributed by atoms with E-state index in [1.54, 1.807) is 0 Å². The molecule has 0 aromatic heterocycles. The van der Waals surface area contributed by atoms with Crippen LogP contribution >= 0.6 is 0 Å². The first-order valence-corrected chi connectivity index (χ1v) is 8.18.